The average molecular weight is 267 g/mol. The van der Waals surface area contributed by atoms with Crippen LogP contribution in [0.3, 0.4) is 0 Å². The van der Waals surface area contributed by atoms with Gasteiger partial charge in [0.1, 0.15) is 0 Å². The van der Waals surface area contributed by atoms with Gasteiger partial charge in [0.25, 0.3) is 0 Å². The molecule has 106 valence electrons. The Kier molecular flexibility index (Phi) is 4.58. The smallest absolute Gasteiger partial charge is 0.311 e. The van der Waals surface area contributed by atoms with Gasteiger partial charge in [-0.05, 0) is 31.6 Å². The largest absolute Gasteiger partial charge is 0.481 e. The third-order valence-corrected chi connectivity index (χ3v) is 4.09. The van der Waals surface area contributed by atoms with Crippen molar-refractivity contribution in [3.63, 3.8) is 0 Å². The van der Waals surface area contributed by atoms with Crippen molar-refractivity contribution >= 4 is 11.9 Å². The third-order valence-electron chi connectivity index (χ3n) is 4.09. The van der Waals surface area contributed by atoms with Crippen molar-refractivity contribution in [2.75, 3.05) is 19.8 Å². The second-order valence-corrected chi connectivity index (χ2v) is 5.44. The van der Waals surface area contributed by atoms with Crippen LogP contribution < -0.4 is 5.32 Å². The van der Waals surface area contributed by atoms with E-state index in [-0.39, 0.29) is 12.5 Å². The summed E-state index contributed by atoms with van der Waals surface area (Å²) in [6.07, 6.45) is 7.61. The highest BCUT2D eigenvalue weighted by molar-refractivity contribution is 5.79. The van der Waals surface area contributed by atoms with Gasteiger partial charge < -0.3 is 15.2 Å². The van der Waals surface area contributed by atoms with E-state index in [2.05, 4.69) is 17.5 Å². The van der Waals surface area contributed by atoms with Crippen molar-refractivity contribution in [1.82, 2.24) is 5.32 Å². The van der Waals surface area contributed by atoms with Crippen molar-refractivity contribution in [2.45, 2.75) is 32.1 Å². The highest BCUT2D eigenvalue weighted by Crippen LogP contribution is 2.30. The maximum absolute atomic E-state index is 11.8. The number of carboxylic acid groups (broad SMARTS) is 1. The Balaban J connectivity index is 1.82. The molecule has 1 atom stereocenters. The lowest BCUT2D eigenvalue weighted by atomic mass is 9.80. The average Bonchev–Trinajstić information content (AvgIpc) is 2.90. The molecule has 5 heteroatoms. The second-order valence-electron chi connectivity index (χ2n) is 5.44. The van der Waals surface area contributed by atoms with Gasteiger partial charge in [0.05, 0.1) is 5.41 Å². The van der Waals surface area contributed by atoms with Gasteiger partial charge in [-0.2, -0.15) is 0 Å². The molecule has 19 heavy (non-hydrogen) atoms. The van der Waals surface area contributed by atoms with E-state index in [1.54, 1.807) is 0 Å². The zero-order valence-electron chi connectivity index (χ0n) is 11.1. The standard InChI is InChI=1S/C14H21NO4/c16-12(9-11-3-1-2-4-11)15-10-14(13(17)18)5-7-19-8-6-14/h1,3,11H,2,4-10H2,(H,15,16)(H,17,18). The molecular formula is C14H21NO4. The van der Waals surface area contributed by atoms with Crippen molar-refractivity contribution < 1.29 is 19.4 Å². The Morgan fingerprint density at radius 3 is 2.68 bits per heavy atom. The molecule has 1 amide bonds. The molecule has 0 aromatic carbocycles. The zero-order chi connectivity index (χ0) is 13.7. The number of amides is 1. The van der Waals surface area contributed by atoms with Gasteiger partial charge in [0.15, 0.2) is 0 Å². The summed E-state index contributed by atoms with van der Waals surface area (Å²) in [6, 6.07) is 0. The van der Waals surface area contributed by atoms with Crippen LogP contribution in [0.1, 0.15) is 32.1 Å². The second kappa shape index (κ2) is 6.19. The summed E-state index contributed by atoms with van der Waals surface area (Å²) in [7, 11) is 0. The molecule has 0 saturated carbocycles. The fourth-order valence-corrected chi connectivity index (χ4v) is 2.67. The molecule has 2 aliphatic rings. The minimum Gasteiger partial charge on any atom is -0.481 e. The number of carbonyl (C=O) groups is 2. The summed E-state index contributed by atoms with van der Waals surface area (Å²) in [6.45, 7) is 1.11. The number of nitrogens with one attached hydrogen (secondary N) is 1. The fourth-order valence-electron chi connectivity index (χ4n) is 2.67. The number of ether oxygens (including phenoxy) is 1. The monoisotopic (exact) mass is 267 g/mol. The van der Waals surface area contributed by atoms with Crippen LogP contribution in [0.2, 0.25) is 0 Å². The number of hydrogen-bond donors (Lipinski definition) is 2. The number of carbonyl (C=O) groups excluding carboxylic acids is 1. The van der Waals surface area contributed by atoms with Gasteiger partial charge >= 0.3 is 5.97 Å². The first-order valence-corrected chi connectivity index (χ1v) is 6.87. The van der Waals surface area contributed by atoms with Gasteiger partial charge in [0, 0.05) is 26.2 Å². The van der Waals surface area contributed by atoms with Crippen LogP contribution in [0.25, 0.3) is 0 Å². The van der Waals surface area contributed by atoms with Crippen LogP contribution in [0.4, 0.5) is 0 Å². The molecule has 1 saturated heterocycles. The molecule has 2 rings (SSSR count). The maximum Gasteiger partial charge on any atom is 0.311 e. The number of rotatable bonds is 5. The zero-order valence-corrected chi connectivity index (χ0v) is 11.1. The van der Waals surface area contributed by atoms with Crippen LogP contribution in [0, 0.1) is 11.3 Å². The van der Waals surface area contributed by atoms with Crippen LogP contribution >= 0.6 is 0 Å². The normalized spacial score (nSPS) is 25.2. The third kappa shape index (κ3) is 3.56. The summed E-state index contributed by atoms with van der Waals surface area (Å²) in [5.41, 5.74) is -0.848. The molecule has 1 fully saturated rings. The minimum absolute atomic E-state index is 0.0522. The first kappa shape index (κ1) is 14.1. The van der Waals surface area contributed by atoms with Crippen LogP contribution in [-0.2, 0) is 14.3 Å². The van der Waals surface area contributed by atoms with Crippen molar-refractivity contribution in [2.24, 2.45) is 11.3 Å². The van der Waals surface area contributed by atoms with E-state index in [1.807, 2.05) is 0 Å². The van der Waals surface area contributed by atoms with Crippen molar-refractivity contribution in [3.8, 4) is 0 Å². The molecular weight excluding hydrogens is 246 g/mol. The summed E-state index contributed by atoms with van der Waals surface area (Å²) in [5, 5.41) is 12.2. The predicted octanol–water partition coefficient (Wildman–Crippen LogP) is 1.34. The molecule has 0 radical (unpaired) electrons. The Morgan fingerprint density at radius 2 is 2.11 bits per heavy atom. The highest BCUT2D eigenvalue weighted by atomic mass is 16.5. The van der Waals surface area contributed by atoms with Gasteiger partial charge in [-0.3, -0.25) is 9.59 Å². The first-order chi connectivity index (χ1) is 9.12. The summed E-state index contributed by atoms with van der Waals surface area (Å²) in [5.74, 6) is -0.573. The highest BCUT2D eigenvalue weighted by Gasteiger charge is 2.40. The number of carboxylic acids is 1. The molecule has 2 N–H and O–H groups in total. The van der Waals surface area contributed by atoms with Gasteiger partial charge in [-0.25, -0.2) is 0 Å². The lowest BCUT2D eigenvalue weighted by Crippen LogP contribution is -2.46. The summed E-state index contributed by atoms with van der Waals surface area (Å²) < 4.78 is 5.20. The summed E-state index contributed by atoms with van der Waals surface area (Å²) >= 11 is 0. The molecule has 0 aromatic rings. The Morgan fingerprint density at radius 1 is 1.37 bits per heavy atom. The first-order valence-electron chi connectivity index (χ1n) is 6.87. The lowest BCUT2D eigenvalue weighted by Gasteiger charge is -2.33. The Labute approximate surface area is 113 Å². The molecule has 0 aromatic heterocycles. The molecule has 1 aliphatic carbocycles. The topological polar surface area (TPSA) is 75.6 Å². The fraction of sp³-hybridized carbons (Fsp3) is 0.714. The predicted molar refractivity (Wildman–Crippen MR) is 69.6 cm³/mol. The van der Waals surface area contributed by atoms with Gasteiger partial charge in [0.2, 0.25) is 5.91 Å². The molecule has 0 spiro atoms. The minimum atomic E-state index is -0.848. The molecule has 0 bridgehead atoms. The van der Waals surface area contributed by atoms with E-state index in [4.69, 9.17) is 4.74 Å². The molecule has 5 nitrogen and oxygen atoms in total. The van der Waals surface area contributed by atoms with Crippen LogP contribution in [0.5, 0.6) is 0 Å². The molecule has 1 heterocycles. The number of hydrogen-bond acceptors (Lipinski definition) is 3. The van der Waals surface area contributed by atoms with Crippen molar-refractivity contribution in [1.29, 1.82) is 0 Å². The Hall–Kier alpha value is -1.36. The van der Waals surface area contributed by atoms with Gasteiger partial charge in [-0.1, -0.05) is 12.2 Å². The van der Waals surface area contributed by atoms with E-state index < -0.39 is 11.4 Å². The Bertz CT molecular complexity index is 372. The van der Waals surface area contributed by atoms with E-state index in [0.717, 1.165) is 12.8 Å². The molecule has 1 unspecified atom stereocenters. The van der Waals surface area contributed by atoms with Crippen LogP contribution in [-0.4, -0.2) is 36.7 Å². The van der Waals surface area contributed by atoms with E-state index >= 15 is 0 Å². The summed E-state index contributed by atoms with van der Waals surface area (Å²) in [4.78, 5) is 23.3. The molecule has 1 aliphatic heterocycles. The van der Waals surface area contributed by atoms with Crippen LogP contribution in [0.15, 0.2) is 12.2 Å². The number of allylic oxidation sites excluding steroid dienone is 2. The SMILES string of the molecule is O=C(CC1C=CCC1)NCC1(C(=O)O)CCOCC1. The quantitative estimate of drug-likeness (QED) is 0.737. The lowest BCUT2D eigenvalue weighted by molar-refractivity contribution is -0.154. The van der Waals surface area contributed by atoms with E-state index in [1.165, 1.54) is 0 Å². The van der Waals surface area contributed by atoms with E-state index in [9.17, 15) is 14.7 Å². The van der Waals surface area contributed by atoms with Gasteiger partial charge in [-0.15, -0.1) is 0 Å². The van der Waals surface area contributed by atoms with Crippen molar-refractivity contribution in [3.05, 3.63) is 12.2 Å². The van der Waals surface area contributed by atoms with E-state index in [0.29, 0.717) is 38.4 Å². The number of aliphatic carboxylic acids is 1. The maximum atomic E-state index is 11.8.